The molecule has 0 aliphatic heterocycles. The van der Waals surface area contributed by atoms with Gasteiger partial charge in [0.15, 0.2) is 0 Å². The highest BCUT2D eigenvalue weighted by Gasteiger charge is 2.07. The standard InChI is InChI=1S/C14H14ClNO2/c1-9(17)12-4-3-5-13(16-12)10-6-7-14(18-2)11(15)8-10/h3-9,17H,1-2H3/t9-/m1/s1. The molecule has 0 aliphatic rings. The fourth-order valence-electron chi connectivity index (χ4n) is 1.67. The average Bonchev–Trinajstić information content (AvgIpc) is 2.38. The molecule has 94 valence electrons. The Labute approximate surface area is 111 Å². The van der Waals surface area contributed by atoms with E-state index in [1.54, 1.807) is 32.2 Å². The number of pyridine rings is 1. The van der Waals surface area contributed by atoms with Crippen LogP contribution in [-0.2, 0) is 0 Å². The normalized spacial score (nSPS) is 12.2. The first-order valence-corrected chi connectivity index (χ1v) is 5.98. The van der Waals surface area contributed by atoms with E-state index in [2.05, 4.69) is 4.98 Å². The molecule has 2 aromatic rings. The Morgan fingerprint density at radius 2 is 2.06 bits per heavy atom. The number of aliphatic hydroxyl groups is 1. The van der Waals surface area contributed by atoms with E-state index in [1.165, 1.54) is 0 Å². The fraction of sp³-hybridized carbons (Fsp3) is 0.214. The highest BCUT2D eigenvalue weighted by atomic mass is 35.5. The van der Waals surface area contributed by atoms with Crippen molar-refractivity contribution < 1.29 is 9.84 Å². The van der Waals surface area contributed by atoms with E-state index >= 15 is 0 Å². The van der Waals surface area contributed by atoms with Crippen molar-refractivity contribution in [2.45, 2.75) is 13.0 Å². The number of methoxy groups -OCH3 is 1. The van der Waals surface area contributed by atoms with Crippen LogP contribution < -0.4 is 4.74 Å². The molecule has 0 bridgehead atoms. The van der Waals surface area contributed by atoms with Crippen molar-refractivity contribution in [3.63, 3.8) is 0 Å². The zero-order valence-electron chi connectivity index (χ0n) is 10.2. The molecule has 0 unspecified atom stereocenters. The smallest absolute Gasteiger partial charge is 0.137 e. The highest BCUT2D eigenvalue weighted by Crippen LogP contribution is 2.29. The van der Waals surface area contributed by atoms with E-state index in [9.17, 15) is 5.11 Å². The van der Waals surface area contributed by atoms with Gasteiger partial charge in [0.25, 0.3) is 0 Å². The van der Waals surface area contributed by atoms with Crippen molar-refractivity contribution in [3.05, 3.63) is 47.1 Å². The zero-order valence-corrected chi connectivity index (χ0v) is 11.0. The monoisotopic (exact) mass is 263 g/mol. The summed E-state index contributed by atoms with van der Waals surface area (Å²) >= 11 is 6.08. The van der Waals surface area contributed by atoms with Gasteiger partial charge in [0.05, 0.1) is 29.6 Å². The van der Waals surface area contributed by atoms with Gasteiger partial charge in [0.2, 0.25) is 0 Å². The number of nitrogens with zero attached hydrogens (tertiary/aromatic N) is 1. The maximum absolute atomic E-state index is 9.52. The molecule has 1 aromatic heterocycles. The van der Waals surface area contributed by atoms with E-state index in [1.807, 2.05) is 18.2 Å². The largest absolute Gasteiger partial charge is 0.495 e. The molecule has 0 saturated carbocycles. The van der Waals surface area contributed by atoms with Crippen LogP contribution in [0.15, 0.2) is 36.4 Å². The third-order valence-corrected chi connectivity index (χ3v) is 2.94. The van der Waals surface area contributed by atoms with Gasteiger partial charge in [-0.3, -0.25) is 4.98 Å². The predicted octanol–water partition coefficient (Wildman–Crippen LogP) is 3.46. The van der Waals surface area contributed by atoms with Crippen LogP contribution in [0.4, 0.5) is 0 Å². The maximum atomic E-state index is 9.52. The average molecular weight is 264 g/mol. The Hall–Kier alpha value is -1.58. The molecule has 1 heterocycles. The van der Waals surface area contributed by atoms with Crippen molar-refractivity contribution in [2.24, 2.45) is 0 Å². The first-order valence-electron chi connectivity index (χ1n) is 5.60. The van der Waals surface area contributed by atoms with Crippen LogP contribution in [0.5, 0.6) is 5.75 Å². The Bertz CT molecular complexity index is 555. The molecule has 0 radical (unpaired) electrons. The zero-order chi connectivity index (χ0) is 13.1. The summed E-state index contributed by atoms with van der Waals surface area (Å²) < 4.78 is 5.11. The lowest BCUT2D eigenvalue weighted by Gasteiger charge is -2.08. The number of aromatic nitrogens is 1. The minimum Gasteiger partial charge on any atom is -0.495 e. The Morgan fingerprint density at radius 1 is 1.28 bits per heavy atom. The van der Waals surface area contributed by atoms with Gasteiger partial charge in [-0.2, -0.15) is 0 Å². The minimum atomic E-state index is -0.585. The van der Waals surface area contributed by atoms with Crippen molar-refractivity contribution in [2.75, 3.05) is 7.11 Å². The number of ether oxygens (including phenoxy) is 1. The molecule has 3 nitrogen and oxygen atoms in total. The maximum Gasteiger partial charge on any atom is 0.137 e. The Morgan fingerprint density at radius 3 is 2.67 bits per heavy atom. The number of halogens is 1. The summed E-state index contributed by atoms with van der Waals surface area (Å²) in [6, 6.07) is 11.0. The number of aliphatic hydroxyl groups excluding tert-OH is 1. The lowest BCUT2D eigenvalue weighted by atomic mass is 10.1. The van der Waals surface area contributed by atoms with Gasteiger partial charge in [0.1, 0.15) is 5.75 Å². The molecule has 0 spiro atoms. The molecule has 2 rings (SSSR count). The molecule has 0 aliphatic carbocycles. The van der Waals surface area contributed by atoms with E-state index in [-0.39, 0.29) is 0 Å². The van der Waals surface area contributed by atoms with Gasteiger partial charge in [0, 0.05) is 5.56 Å². The predicted molar refractivity (Wildman–Crippen MR) is 71.9 cm³/mol. The van der Waals surface area contributed by atoms with Crippen LogP contribution in [0.3, 0.4) is 0 Å². The van der Waals surface area contributed by atoms with Crippen LogP contribution in [-0.4, -0.2) is 17.2 Å². The van der Waals surface area contributed by atoms with Crippen LogP contribution in [0.1, 0.15) is 18.7 Å². The second kappa shape index (κ2) is 5.38. The quantitative estimate of drug-likeness (QED) is 0.922. The van der Waals surface area contributed by atoms with Crippen LogP contribution >= 0.6 is 11.6 Å². The summed E-state index contributed by atoms with van der Waals surface area (Å²) in [5, 5.41) is 10.1. The number of hydrogen-bond donors (Lipinski definition) is 1. The molecule has 1 atom stereocenters. The van der Waals surface area contributed by atoms with E-state index in [4.69, 9.17) is 16.3 Å². The van der Waals surface area contributed by atoms with Gasteiger partial charge in [-0.05, 0) is 37.3 Å². The van der Waals surface area contributed by atoms with E-state index in [0.29, 0.717) is 16.5 Å². The molecule has 1 N–H and O–H groups in total. The molecular weight excluding hydrogens is 250 g/mol. The molecule has 0 amide bonds. The Balaban J connectivity index is 2.42. The van der Waals surface area contributed by atoms with Gasteiger partial charge in [-0.25, -0.2) is 0 Å². The fourth-order valence-corrected chi connectivity index (χ4v) is 1.93. The minimum absolute atomic E-state index is 0.541. The summed E-state index contributed by atoms with van der Waals surface area (Å²) in [5.41, 5.74) is 2.31. The van der Waals surface area contributed by atoms with Crippen LogP contribution in [0.25, 0.3) is 11.3 Å². The molecule has 0 saturated heterocycles. The first kappa shape index (κ1) is 12.9. The first-order chi connectivity index (χ1) is 8.61. The number of hydrogen-bond acceptors (Lipinski definition) is 3. The van der Waals surface area contributed by atoms with Gasteiger partial charge < -0.3 is 9.84 Å². The summed E-state index contributed by atoms with van der Waals surface area (Å²) in [5.74, 6) is 0.632. The molecule has 4 heteroatoms. The Kier molecular flexibility index (Phi) is 3.84. The summed E-state index contributed by atoms with van der Waals surface area (Å²) in [6.07, 6.45) is -0.585. The van der Waals surface area contributed by atoms with Gasteiger partial charge >= 0.3 is 0 Å². The topological polar surface area (TPSA) is 42.4 Å². The van der Waals surface area contributed by atoms with Gasteiger partial charge in [-0.15, -0.1) is 0 Å². The molecule has 1 aromatic carbocycles. The number of benzene rings is 1. The number of rotatable bonds is 3. The SMILES string of the molecule is COc1ccc(-c2cccc([C@@H](C)O)n2)cc1Cl. The summed E-state index contributed by atoms with van der Waals surface area (Å²) in [4.78, 5) is 4.39. The summed E-state index contributed by atoms with van der Waals surface area (Å²) in [7, 11) is 1.58. The molecule has 18 heavy (non-hydrogen) atoms. The lowest BCUT2D eigenvalue weighted by Crippen LogP contribution is -1.96. The van der Waals surface area contributed by atoms with Crippen molar-refractivity contribution in [1.82, 2.24) is 4.98 Å². The molecular formula is C14H14ClNO2. The second-order valence-electron chi connectivity index (χ2n) is 3.97. The third-order valence-electron chi connectivity index (χ3n) is 2.65. The second-order valence-corrected chi connectivity index (χ2v) is 4.38. The van der Waals surface area contributed by atoms with E-state index < -0.39 is 6.10 Å². The van der Waals surface area contributed by atoms with Gasteiger partial charge in [-0.1, -0.05) is 17.7 Å². The van der Waals surface area contributed by atoms with Crippen LogP contribution in [0.2, 0.25) is 5.02 Å². The highest BCUT2D eigenvalue weighted by molar-refractivity contribution is 6.32. The summed E-state index contributed by atoms with van der Waals surface area (Å²) in [6.45, 7) is 1.69. The van der Waals surface area contributed by atoms with E-state index in [0.717, 1.165) is 11.3 Å². The van der Waals surface area contributed by atoms with Crippen LogP contribution in [0, 0.1) is 0 Å². The third kappa shape index (κ3) is 2.63. The lowest BCUT2D eigenvalue weighted by molar-refractivity contribution is 0.194. The van der Waals surface area contributed by atoms with Crippen molar-refractivity contribution in [3.8, 4) is 17.0 Å². The van der Waals surface area contributed by atoms with Crippen molar-refractivity contribution in [1.29, 1.82) is 0 Å². The van der Waals surface area contributed by atoms with Crippen molar-refractivity contribution >= 4 is 11.6 Å². The molecule has 0 fully saturated rings.